The summed E-state index contributed by atoms with van der Waals surface area (Å²) >= 11 is 0. The van der Waals surface area contributed by atoms with Crippen LogP contribution in [0, 0.1) is 11.8 Å². The zero-order chi connectivity index (χ0) is 16.5. The molecule has 2 unspecified atom stereocenters. The third-order valence-corrected chi connectivity index (χ3v) is 4.64. The van der Waals surface area contributed by atoms with Crippen LogP contribution in [0.1, 0.15) is 38.7 Å². The van der Waals surface area contributed by atoms with Crippen molar-refractivity contribution in [3.63, 3.8) is 0 Å². The second kappa shape index (κ2) is 9.56. The molecule has 0 spiro atoms. The molecular weight excluding hydrogens is 288 g/mol. The van der Waals surface area contributed by atoms with E-state index in [0.717, 1.165) is 30.8 Å². The molecule has 1 saturated heterocycles. The Balaban J connectivity index is 1.72. The summed E-state index contributed by atoms with van der Waals surface area (Å²) in [4.78, 5) is 12.1. The lowest BCUT2D eigenvalue weighted by Crippen LogP contribution is -2.36. The third kappa shape index (κ3) is 5.87. The van der Waals surface area contributed by atoms with Gasteiger partial charge in [-0.3, -0.25) is 4.79 Å². The van der Waals surface area contributed by atoms with E-state index in [1.807, 2.05) is 25.1 Å². The summed E-state index contributed by atoms with van der Waals surface area (Å²) < 4.78 is 5.62. The average Bonchev–Trinajstić information content (AvgIpc) is 2.57. The Bertz CT molecular complexity index is 484. The van der Waals surface area contributed by atoms with E-state index in [1.165, 1.54) is 12.8 Å². The van der Waals surface area contributed by atoms with Crippen LogP contribution in [0.4, 0.5) is 0 Å². The quantitative estimate of drug-likeness (QED) is 0.775. The van der Waals surface area contributed by atoms with E-state index in [2.05, 4.69) is 23.6 Å². The first-order valence-electron chi connectivity index (χ1n) is 8.88. The van der Waals surface area contributed by atoms with Crippen LogP contribution in [-0.2, 0) is 11.2 Å². The van der Waals surface area contributed by atoms with Gasteiger partial charge in [-0.2, -0.15) is 0 Å². The first kappa shape index (κ1) is 17.8. The van der Waals surface area contributed by atoms with Gasteiger partial charge in [-0.05, 0) is 62.7 Å². The zero-order valence-electron chi connectivity index (χ0n) is 14.4. The van der Waals surface area contributed by atoms with Crippen molar-refractivity contribution in [3.8, 4) is 5.75 Å². The van der Waals surface area contributed by atoms with Gasteiger partial charge in [0, 0.05) is 13.0 Å². The molecule has 0 bridgehead atoms. The molecule has 0 aliphatic carbocycles. The fraction of sp³-hybridized carbons (Fsp3) is 0.632. The van der Waals surface area contributed by atoms with Gasteiger partial charge in [-0.25, -0.2) is 0 Å². The van der Waals surface area contributed by atoms with Gasteiger partial charge < -0.3 is 15.4 Å². The molecule has 0 aromatic heterocycles. The molecule has 128 valence electrons. The Labute approximate surface area is 140 Å². The SMILES string of the molecule is CCOc1ccccc1CCNC(=O)CC(C)C1CCCNC1. The summed E-state index contributed by atoms with van der Waals surface area (Å²) in [5.74, 6) is 2.16. The van der Waals surface area contributed by atoms with Gasteiger partial charge in [0.15, 0.2) is 0 Å². The van der Waals surface area contributed by atoms with Crippen molar-refractivity contribution in [1.82, 2.24) is 10.6 Å². The van der Waals surface area contributed by atoms with Crippen molar-refractivity contribution in [1.29, 1.82) is 0 Å². The Morgan fingerprint density at radius 3 is 3.00 bits per heavy atom. The minimum Gasteiger partial charge on any atom is -0.494 e. The van der Waals surface area contributed by atoms with Gasteiger partial charge in [0.1, 0.15) is 5.75 Å². The maximum atomic E-state index is 12.1. The molecule has 23 heavy (non-hydrogen) atoms. The minimum absolute atomic E-state index is 0.164. The van der Waals surface area contributed by atoms with Crippen molar-refractivity contribution in [2.24, 2.45) is 11.8 Å². The van der Waals surface area contributed by atoms with Gasteiger partial charge in [0.05, 0.1) is 6.61 Å². The summed E-state index contributed by atoms with van der Waals surface area (Å²) in [6, 6.07) is 8.04. The normalized spacial score (nSPS) is 19.1. The molecule has 4 nitrogen and oxygen atoms in total. The van der Waals surface area contributed by atoms with E-state index in [4.69, 9.17) is 4.74 Å². The van der Waals surface area contributed by atoms with Crippen LogP contribution in [0.15, 0.2) is 24.3 Å². The highest BCUT2D eigenvalue weighted by atomic mass is 16.5. The number of hydrogen-bond acceptors (Lipinski definition) is 3. The highest BCUT2D eigenvalue weighted by Crippen LogP contribution is 2.22. The fourth-order valence-electron chi connectivity index (χ4n) is 3.24. The highest BCUT2D eigenvalue weighted by molar-refractivity contribution is 5.76. The molecule has 0 radical (unpaired) electrons. The predicted molar refractivity (Wildman–Crippen MR) is 93.7 cm³/mol. The Hall–Kier alpha value is -1.55. The van der Waals surface area contributed by atoms with E-state index >= 15 is 0 Å². The van der Waals surface area contributed by atoms with Crippen LogP contribution >= 0.6 is 0 Å². The third-order valence-electron chi connectivity index (χ3n) is 4.64. The zero-order valence-corrected chi connectivity index (χ0v) is 14.4. The lowest BCUT2D eigenvalue weighted by Gasteiger charge is -2.28. The smallest absolute Gasteiger partial charge is 0.220 e. The van der Waals surface area contributed by atoms with Crippen LogP contribution in [0.3, 0.4) is 0 Å². The van der Waals surface area contributed by atoms with Crippen molar-refractivity contribution in [2.75, 3.05) is 26.2 Å². The van der Waals surface area contributed by atoms with Gasteiger partial charge in [0.25, 0.3) is 0 Å². The number of nitrogens with one attached hydrogen (secondary N) is 2. The standard InChI is InChI=1S/C19H30N2O2/c1-3-23-18-9-5-4-7-16(18)10-12-21-19(22)13-15(2)17-8-6-11-20-14-17/h4-5,7,9,15,17,20H,3,6,8,10-14H2,1-2H3,(H,21,22). The molecule has 0 saturated carbocycles. The lowest BCUT2D eigenvalue weighted by molar-refractivity contribution is -0.122. The number of carbonyl (C=O) groups is 1. The summed E-state index contributed by atoms with van der Waals surface area (Å²) in [6.07, 6.45) is 3.90. The Morgan fingerprint density at radius 2 is 2.26 bits per heavy atom. The topological polar surface area (TPSA) is 50.4 Å². The van der Waals surface area contributed by atoms with Crippen molar-refractivity contribution < 1.29 is 9.53 Å². The highest BCUT2D eigenvalue weighted by Gasteiger charge is 2.21. The van der Waals surface area contributed by atoms with E-state index in [-0.39, 0.29) is 5.91 Å². The Kier molecular flexibility index (Phi) is 7.40. The van der Waals surface area contributed by atoms with Crippen molar-refractivity contribution in [3.05, 3.63) is 29.8 Å². The number of hydrogen-bond donors (Lipinski definition) is 2. The maximum Gasteiger partial charge on any atom is 0.220 e. The molecule has 2 N–H and O–H groups in total. The summed E-state index contributed by atoms with van der Waals surface area (Å²) in [5.41, 5.74) is 1.15. The van der Waals surface area contributed by atoms with E-state index in [9.17, 15) is 4.79 Å². The van der Waals surface area contributed by atoms with Crippen LogP contribution in [0.25, 0.3) is 0 Å². The first-order chi connectivity index (χ1) is 11.2. The monoisotopic (exact) mass is 318 g/mol. The van der Waals surface area contributed by atoms with Crippen LogP contribution in [0.2, 0.25) is 0 Å². The number of piperidine rings is 1. The van der Waals surface area contributed by atoms with Gasteiger partial charge >= 0.3 is 0 Å². The van der Waals surface area contributed by atoms with Crippen LogP contribution in [-0.4, -0.2) is 32.1 Å². The minimum atomic E-state index is 0.164. The molecule has 1 aliphatic heterocycles. The van der Waals surface area contributed by atoms with Crippen LogP contribution < -0.4 is 15.4 Å². The number of rotatable bonds is 8. The molecule has 2 rings (SSSR count). The van der Waals surface area contributed by atoms with E-state index < -0.39 is 0 Å². The second-order valence-corrected chi connectivity index (χ2v) is 6.43. The van der Waals surface area contributed by atoms with E-state index in [0.29, 0.717) is 31.4 Å². The molecule has 2 atom stereocenters. The summed E-state index contributed by atoms with van der Waals surface area (Å²) in [7, 11) is 0. The van der Waals surface area contributed by atoms with Crippen LogP contribution in [0.5, 0.6) is 5.75 Å². The predicted octanol–water partition coefficient (Wildman–Crippen LogP) is 2.77. The number of para-hydroxylation sites is 1. The average molecular weight is 318 g/mol. The van der Waals surface area contributed by atoms with Crippen molar-refractivity contribution >= 4 is 5.91 Å². The molecule has 1 heterocycles. The molecule has 1 aliphatic rings. The molecule has 1 fully saturated rings. The largest absolute Gasteiger partial charge is 0.494 e. The summed E-state index contributed by atoms with van der Waals surface area (Å²) in [5, 5.41) is 6.48. The van der Waals surface area contributed by atoms with Crippen molar-refractivity contribution in [2.45, 2.75) is 39.5 Å². The lowest BCUT2D eigenvalue weighted by atomic mass is 9.85. The number of ether oxygens (including phenoxy) is 1. The number of amides is 1. The fourth-order valence-corrected chi connectivity index (χ4v) is 3.24. The van der Waals surface area contributed by atoms with E-state index in [1.54, 1.807) is 0 Å². The van der Waals surface area contributed by atoms with Gasteiger partial charge in [-0.15, -0.1) is 0 Å². The molecule has 1 aromatic rings. The van der Waals surface area contributed by atoms with Gasteiger partial charge in [-0.1, -0.05) is 25.1 Å². The number of carbonyl (C=O) groups excluding carboxylic acids is 1. The molecule has 1 aromatic carbocycles. The first-order valence-corrected chi connectivity index (χ1v) is 8.88. The second-order valence-electron chi connectivity index (χ2n) is 6.43. The molecule has 1 amide bonds. The summed E-state index contributed by atoms with van der Waals surface area (Å²) in [6.45, 7) is 7.68. The molecule has 4 heteroatoms. The van der Waals surface area contributed by atoms with Gasteiger partial charge in [0.2, 0.25) is 5.91 Å². The molecular formula is C19H30N2O2. The maximum absolute atomic E-state index is 12.1. The Morgan fingerprint density at radius 1 is 1.43 bits per heavy atom. The number of benzene rings is 1.